The molecule has 378 valence electrons. The van der Waals surface area contributed by atoms with Gasteiger partial charge in [-0.3, -0.25) is 28.9 Å². The Hall–Kier alpha value is -6.05. The lowest BCUT2D eigenvalue weighted by molar-refractivity contribution is -0.364. The summed E-state index contributed by atoms with van der Waals surface area (Å²) in [5.74, 6) is -4.30. The number of hydrogen-bond donors (Lipinski definition) is 0. The molecule has 2 saturated heterocycles. The Bertz CT molecular complexity index is 2650. The third-order valence-corrected chi connectivity index (χ3v) is 12.9. The molecule has 0 unspecified atom stereocenters. The van der Waals surface area contributed by atoms with Crippen LogP contribution >= 0.6 is 23.2 Å². The number of esters is 3. The van der Waals surface area contributed by atoms with Crippen LogP contribution in [0.4, 0.5) is 0 Å². The highest BCUT2D eigenvalue weighted by atomic mass is 35.5. The van der Waals surface area contributed by atoms with Crippen LogP contribution in [0.15, 0.2) is 133 Å². The van der Waals surface area contributed by atoms with Crippen molar-refractivity contribution in [1.29, 1.82) is 0 Å². The molecule has 72 heavy (non-hydrogen) atoms. The second kappa shape index (κ2) is 24.6. The molecule has 5 aromatic carbocycles. The quantitative estimate of drug-likeness (QED) is 0.0418. The topological polar surface area (TPSA) is 181 Å². The van der Waals surface area contributed by atoms with Gasteiger partial charge in [-0.1, -0.05) is 145 Å². The third-order valence-electron chi connectivity index (χ3n) is 12.0. The van der Waals surface area contributed by atoms with E-state index in [0.29, 0.717) is 0 Å². The zero-order chi connectivity index (χ0) is 50.7. The summed E-state index contributed by atoms with van der Waals surface area (Å²) in [6.45, 7) is 3.02. The lowest BCUT2D eigenvalue weighted by Crippen LogP contribution is -2.70. The van der Waals surface area contributed by atoms with Crippen LogP contribution in [0.5, 0.6) is 0 Å². The van der Waals surface area contributed by atoms with Crippen molar-refractivity contribution < 1.29 is 71.3 Å². The van der Waals surface area contributed by atoms with E-state index in [-0.39, 0.29) is 54.2 Å². The maximum Gasteiger partial charge on any atom is 0.303 e. The smallest absolute Gasteiger partial charge is 0.303 e. The molecule has 2 amide bonds. The number of benzene rings is 5. The van der Waals surface area contributed by atoms with Crippen LogP contribution in [-0.2, 0) is 88.2 Å². The second-order valence-corrected chi connectivity index (χ2v) is 18.0. The lowest BCUT2D eigenvalue weighted by Gasteiger charge is -2.51. The van der Waals surface area contributed by atoms with Crippen molar-refractivity contribution in [2.45, 2.75) is 109 Å². The molecule has 3 aliphatic rings. The first kappa shape index (κ1) is 52.3. The number of hydrogen-bond acceptors (Lipinski definition) is 15. The van der Waals surface area contributed by atoms with E-state index in [0.717, 1.165) is 41.0 Å². The minimum absolute atomic E-state index is 0.00674. The van der Waals surface area contributed by atoms with Gasteiger partial charge in [-0.2, -0.15) is 0 Å². The number of fused-ring (bicyclic) bond motifs is 1. The molecular weight excluding hydrogens is 973 g/mol. The molecule has 16 nitrogen and oxygen atoms in total. The highest BCUT2D eigenvalue weighted by Gasteiger charge is 2.60. The van der Waals surface area contributed by atoms with Crippen molar-refractivity contribution in [3.63, 3.8) is 0 Å². The van der Waals surface area contributed by atoms with Crippen molar-refractivity contribution in [2.75, 3.05) is 13.2 Å². The van der Waals surface area contributed by atoms with Gasteiger partial charge in [0, 0.05) is 20.8 Å². The van der Waals surface area contributed by atoms with Gasteiger partial charge in [0.1, 0.15) is 43.2 Å². The van der Waals surface area contributed by atoms with Gasteiger partial charge in [-0.25, -0.2) is 0 Å². The Morgan fingerprint density at radius 2 is 1.00 bits per heavy atom. The van der Waals surface area contributed by atoms with Crippen LogP contribution in [0.1, 0.15) is 63.7 Å². The molecule has 18 heteroatoms. The Morgan fingerprint density at radius 3 is 1.54 bits per heavy atom. The van der Waals surface area contributed by atoms with Crippen molar-refractivity contribution in [3.05, 3.63) is 177 Å². The standard InChI is InChI=1S/C54H53Cl2NO15/c1-32(58)64-31-42-47(68-33(2)59)48(69-34(3)60)45(57-51(61)39-24-25-40(55)44(56)43(39)52(57)62)53(70-42)72-49-46(65-27-36-18-10-5-11-19-36)41(30-63-26-35-16-8-4-9-17-35)71-54(67-29-38-22-14-7-15-23-38)50(49)66-28-37-20-12-6-13-21-37/h4-25,41-42,45-50,53-54H,26-31H2,1-3H3/t41-,42-,45-,46+,47-,48-,49+,50-,53+,54-/m1/s1. The van der Waals surface area contributed by atoms with Gasteiger partial charge >= 0.3 is 17.9 Å². The van der Waals surface area contributed by atoms with E-state index in [9.17, 15) is 24.0 Å². The van der Waals surface area contributed by atoms with Crippen molar-refractivity contribution in [2.24, 2.45) is 0 Å². The van der Waals surface area contributed by atoms with Crippen LogP contribution < -0.4 is 0 Å². The minimum Gasteiger partial charge on any atom is -0.463 e. The summed E-state index contributed by atoms with van der Waals surface area (Å²) in [7, 11) is 0. The van der Waals surface area contributed by atoms with Crippen molar-refractivity contribution in [1.82, 2.24) is 4.90 Å². The maximum atomic E-state index is 14.8. The first-order valence-electron chi connectivity index (χ1n) is 23.2. The monoisotopic (exact) mass is 1030 g/mol. The number of amides is 2. The molecule has 0 aliphatic carbocycles. The van der Waals surface area contributed by atoms with E-state index >= 15 is 0 Å². The first-order chi connectivity index (χ1) is 34.9. The van der Waals surface area contributed by atoms with E-state index < -0.39 is 97.7 Å². The normalized spacial score (nSPS) is 24.9. The fraction of sp³-hybridized carbons (Fsp3) is 0.352. The number of ether oxygens (including phenoxy) is 10. The Balaban J connectivity index is 1.28. The summed E-state index contributed by atoms with van der Waals surface area (Å²) in [4.78, 5) is 68.9. The SMILES string of the molecule is CC(=O)OC[C@H]1O[C@@H](O[C@H]2[C@@H](OCc3ccccc3)[C@@H](COCc3ccccc3)O[C@@H](OCc3ccccc3)[C@@H]2OCc2ccccc2)[C@H](N2C(=O)c3ccc(Cl)c(Cl)c3C2=O)[C@@H](OC(C)=O)[C@@H]1OC(C)=O. The molecule has 0 aromatic heterocycles. The van der Waals surface area contributed by atoms with E-state index in [4.69, 9.17) is 70.6 Å². The minimum atomic E-state index is -1.81. The highest BCUT2D eigenvalue weighted by molar-refractivity contribution is 6.45. The zero-order valence-electron chi connectivity index (χ0n) is 39.5. The van der Waals surface area contributed by atoms with Crippen LogP contribution in [-0.4, -0.2) is 109 Å². The van der Waals surface area contributed by atoms with Gasteiger partial charge in [-0.05, 0) is 34.4 Å². The van der Waals surface area contributed by atoms with Crippen LogP contribution in [0.25, 0.3) is 0 Å². The molecule has 0 saturated carbocycles. The third kappa shape index (κ3) is 12.8. The van der Waals surface area contributed by atoms with Crippen LogP contribution in [0.3, 0.4) is 0 Å². The predicted octanol–water partition coefficient (Wildman–Crippen LogP) is 7.82. The van der Waals surface area contributed by atoms with E-state index in [1.807, 2.05) is 121 Å². The predicted molar refractivity (Wildman–Crippen MR) is 258 cm³/mol. The Labute approximate surface area is 426 Å². The number of imide groups is 1. The van der Waals surface area contributed by atoms with Gasteiger partial charge in [-0.15, -0.1) is 0 Å². The molecule has 10 atom stereocenters. The summed E-state index contributed by atoms with van der Waals surface area (Å²) >= 11 is 13.0. The molecule has 3 aliphatic heterocycles. The molecule has 0 spiro atoms. The first-order valence-corrected chi connectivity index (χ1v) is 24.0. The maximum absolute atomic E-state index is 14.8. The van der Waals surface area contributed by atoms with E-state index in [1.165, 1.54) is 19.1 Å². The summed E-state index contributed by atoms with van der Waals surface area (Å²) in [6.07, 6.45) is -12.4. The van der Waals surface area contributed by atoms with Crippen LogP contribution in [0.2, 0.25) is 10.0 Å². The zero-order valence-corrected chi connectivity index (χ0v) is 41.1. The van der Waals surface area contributed by atoms with Gasteiger partial charge in [0.05, 0.1) is 54.2 Å². The van der Waals surface area contributed by atoms with E-state index in [2.05, 4.69) is 0 Å². The summed E-state index contributed by atoms with van der Waals surface area (Å²) in [5.41, 5.74) is 2.92. The summed E-state index contributed by atoms with van der Waals surface area (Å²) in [5, 5.41) is -0.217. The van der Waals surface area contributed by atoms with Crippen LogP contribution in [0, 0.1) is 0 Å². The number of carbonyl (C=O) groups excluding carboxylic acids is 5. The molecule has 2 fully saturated rings. The Morgan fingerprint density at radius 1 is 0.514 bits per heavy atom. The molecule has 0 bridgehead atoms. The number of halogens is 2. The lowest BCUT2D eigenvalue weighted by atomic mass is 9.93. The molecule has 8 rings (SSSR count). The van der Waals surface area contributed by atoms with Crippen molar-refractivity contribution in [3.8, 4) is 0 Å². The molecule has 5 aromatic rings. The highest BCUT2D eigenvalue weighted by Crippen LogP contribution is 2.41. The van der Waals surface area contributed by atoms with Gasteiger partial charge < -0.3 is 47.4 Å². The number of nitrogens with zero attached hydrogens (tertiary/aromatic N) is 1. The molecule has 0 radical (unpaired) electrons. The summed E-state index contributed by atoms with van der Waals surface area (Å²) in [6, 6.07) is 38.6. The second-order valence-electron chi connectivity index (χ2n) is 17.2. The fourth-order valence-corrected chi connectivity index (χ4v) is 9.21. The van der Waals surface area contributed by atoms with Gasteiger partial charge in [0.25, 0.3) is 11.8 Å². The number of carbonyl (C=O) groups is 5. The number of rotatable bonds is 20. The Kier molecular flexibility index (Phi) is 17.8. The fourth-order valence-electron chi connectivity index (χ4n) is 8.81. The van der Waals surface area contributed by atoms with E-state index in [1.54, 1.807) is 0 Å². The average molecular weight is 1030 g/mol. The summed E-state index contributed by atoms with van der Waals surface area (Å²) < 4.78 is 64.7. The van der Waals surface area contributed by atoms with Gasteiger partial charge in [0.15, 0.2) is 24.8 Å². The largest absolute Gasteiger partial charge is 0.463 e. The average Bonchev–Trinajstić information content (AvgIpc) is 3.62. The van der Waals surface area contributed by atoms with Gasteiger partial charge in [0.2, 0.25) is 0 Å². The molecule has 0 N–H and O–H groups in total. The van der Waals surface area contributed by atoms with Crippen molar-refractivity contribution >= 4 is 52.9 Å². The molecule has 3 heterocycles. The molecular formula is C54H53Cl2NO15.